The van der Waals surface area contributed by atoms with E-state index in [1.165, 1.54) is 4.90 Å². The van der Waals surface area contributed by atoms with Gasteiger partial charge in [-0.1, -0.05) is 71.4 Å². The molecule has 3 unspecified atom stereocenters. The third-order valence-corrected chi connectivity index (χ3v) is 8.38. The van der Waals surface area contributed by atoms with Crippen LogP contribution in [0.25, 0.3) is 0 Å². The van der Waals surface area contributed by atoms with Gasteiger partial charge in [0.25, 0.3) is 0 Å². The Morgan fingerprint density at radius 1 is 0.958 bits per heavy atom. The largest absolute Gasteiger partial charge is 0.465 e. The van der Waals surface area contributed by atoms with Crippen molar-refractivity contribution in [2.45, 2.75) is 105 Å². The van der Waals surface area contributed by atoms with Gasteiger partial charge in [0, 0.05) is 31.7 Å². The summed E-state index contributed by atoms with van der Waals surface area (Å²) in [6, 6.07) is 7.38. The zero-order valence-corrected chi connectivity index (χ0v) is 29.0. The Labute approximate surface area is 283 Å². The first-order chi connectivity index (χ1) is 22.7. The summed E-state index contributed by atoms with van der Waals surface area (Å²) in [5.41, 5.74) is 6.29. The number of nitrogens with zero attached hydrogens (tertiary/aromatic N) is 1. The van der Waals surface area contributed by atoms with Crippen molar-refractivity contribution in [3.05, 3.63) is 35.9 Å². The number of likely N-dealkylation sites (tertiary alicyclic amines) is 1. The number of Topliss-reactive ketones (excluding diaryl/α,β-unsaturated/α-hetero) is 3. The Hall–Kier alpha value is -3.93. The molecule has 1 aromatic rings. The maximum atomic E-state index is 13.6. The number of hydrogen-bond acceptors (Lipinski definition) is 9. The summed E-state index contributed by atoms with van der Waals surface area (Å²) in [5, 5.41) is 2.45. The third-order valence-electron chi connectivity index (χ3n) is 8.38. The van der Waals surface area contributed by atoms with Crippen molar-refractivity contribution >= 4 is 41.0 Å². The molecule has 48 heavy (non-hydrogen) atoms. The van der Waals surface area contributed by atoms with E-state index < -0.39 is 59.7 Å². The van der Waals surface area contributed by atoms with Crippen molar-refractivity contribution in [1.82, 2.24) is 10.2 Å². The van der Waals surface area contributed by atoms with Gasteiger partial charge < -0.3 is 25.4 Å². The number of ketones is 3. The van der Waals surface area contributed by atoms with Gasteiger partial charge in [0.2, 0.25) is 23.5 Å². The molecule has 3 amide bonds. The summed E-state index contributed by atoms with van der Waals surface area (Å²) in [4.78, 5) is 91.5. The van der Waals surface area contributed by atoms with Gasteiger partial charge in [-0.05, 0) is 36.7 Å². The minimum absolute atomic E-state index is 0.0828. The molecule has 0 aromatic heterocycles. The molecule has 1 saturated heterocycles. The Kier molecular flexibility index (Phi) is 17.1. The van der Waals surface area contributed by atoms with Gasteiger partial charge in [-0.2, -0.15) is 0 Å². The molecule has 1 aromatic carbocycles. The number of primary amides is 1. The molecule has 266 valence electrons. The second-order valence-corrected chi connectivity index (χ2v) is 13.3. The van der Waals surface area contributed by atoms with Gasteiger partial charge >= 0.3 is 5.97 Å². The van der Waals surface area contributed by atoms with Crippen LogP contribution in [0.2, 0.25) is 0 Å². The summed E-state index contributed by atoms with van der Waals surface area (Å²) in [7, 11) is 0. The molecule has 3 N–H and O–H groups in total. The van der Waals surface area contributed by atoms with Crippen LogP contribution < -0.4 is 11.1 Å². The normalized spacial score (nSPS) is 16.3. The van der Waals surface area contributed by atoms with E-state index in [2.05, 4.69) is 5.32 Å². The van der Waals surface area contributed by atoms with E-state index in [-0.39, 0.29) is 62.6 Å². The highest BCUT2D eigenvalue weighted by Gasteiger charge is 2.40. The molecule has 4 atom stereocenters. The standard InChI is InChI=1S/C36H53N3O9/c1-6-11-26(18-31(41)29-14-10-17-39(29)36(46)27(24(4)5)19-33(43)48-20-23(2)3)34(44)30(40)15-16-32(42)38-28(35(37)45)22-47-21-25-12-8-7-9-13-25/h7-9,12-13,23-24,26-29H,6,10-11,14-22H2,1-5H3,(H2,37,45)(H,38,42)/t26?,27?,28?,29-/m0/s1. The van der Waals surface area contributed by atoms with E-state index >= 15 is 0 Å². The number of nitrogens with two attached hydrogens (primary N) is 1. The number of rotatable bonds is 22. The Balaban J connectivity index is 1.95. The lowest BCUT2D eigenvalue weighted by molar-refractivity contribution is -0.152. The molecule has 12 heteroatoms. The van der Waals surface area contributed by atoms with Crippen molar-refractivity contribution in [1.29, 1.82) is 0 Å². The molecule has 1 aliphatic rings. The van der Waals surface area contributed by atoms with E-state index in [1.54, 1.807) is 0 Å². The molecule has 0 radical (unpaired) electrons. The van der Waals surface area contributed by atoms with E-state index in [9.17, 15) is 33.6 Å². The highest BCUT2D eigenvalue weighted by atomic mass is 16.5. The van der Waals surface area contributed by atoms with Gasteiger partial charge in [0.15, 0.2) is 11.6 Å². The van der Waals surface area contributed by atoms with Crippen LogP contribution in [0.15, 0.2) is 30.3 Å². The minimum atomic E-state index is -1.12. The summed E-state index contributed by atoms with van der Waals surface area (Å²) < 4.78 is 10.8. The smallest absolute Gasteiger partial charge is 0.306 e. The molecule has 1 fully saturated rings. The van der Waals surface area contributed by atoms with Crippen molar-refractivity contribution < 1.29 is 43.0 Å². The maximum absolute atomic E-state index is 13.6. The SMILES string of the molecule is CCCC(CC(=O)[C@@H]1CCCN1C(=O)C(CC(=O)OCC(C)C)C(C)C)C(=O)C(=O)CCC(=O)NC(COCc1ccccc1)C(N)=O. The summed E-state index contributed by atoms with van der Waals surface area (Å²) >= 11 is 0. The molecule has 12 nitrogen and oxygen atoms in total. The van der Waals surface area contributed by atoms with E-state index in [1.807, 2.05) is 65.0 Å². The molecule has 0 spiro atoms. The topological polar surface area (TPSA) is 179 Å². The summed E-state index contributed by atoms with van der Waals surface area (Å²) in [6.07, 6.45) is 0.849. The zero-order chi connectivity index (χ0) is 35.8. The molecule has 1 heterocycles. The lowest BCUT2D eigenvalue weighted by atomic mass is 9.87. The fourth-order valence-electron chi connectivity index (χ4n) is 5.65. The number of ether oxygens (including phenoxy) is 2. The van der Waals surface area contributed by atoms with Crippen molar-refractivity contribution in [3.63, 3.8) is 0 Å². The molecule has 0 aliphatic carbocycles. The Morgan fingerprint density at radius 3 is 2.25 bits per heavy atom. The first-order valence-corrected chi connectivity index (χ1v) is 17.0. The fourth-order valence-corrected chi connectivity index (χ4v) is 5.65. The van der Waals surface area contributed by atoms with Crippen LogP contribution in [0, 0.1) is 23.7 Å². The van der Waals surface area contributed by atoms with Crippen molar-refractivity contribution in [3.8, 4) is 0 Å². The monoisotopic (exact) mass is 671 g/mol. The minimum Gasteiger partial charge on any atom is -0.465 e. The van der Waals surface area contributed by atoms with Crippen LogP contribution in [0.5, 0.6) is 0 Å². The van der Waals surface area contributed by atoms with Crippen LogP contribution in [0.1, 0.15) is 91.5 Å². The maximum Gasteiger partial charge on any atom is 0.306 e. The number of amides is 3. The van der Waals surface area contributed by atoms with Gasteiger partial charge in [-0.3, -0.25) is 33.6 Å². The van der Waals surface area contributed by atoms with Gasteiger partial charge in [-0.25, -0.2) is 0 Å². The quantitative estimate of drug-likeness (QED) is 0.138. The third kappa shape index (κ3) is 13.3. The van der Waals surface area contributed by atoms with Crippen molar-refractivity contribution in [2.75, 3.05) is 19.8 Å². The average Bonchev–Trinajstić information content (AvgIpc) is 3.54. The Morgan fingerprint density at radius 2 is 1.65 bits per heavy atom. The molecule has 0 saturated carbocycles. The molecular formula is C36H53N3O9. The molecule has 0 bridgehead atoms. The van der Waals surface area contributed by atoms with Crippen LogP contribution >= 0.6 is 0 Å². The van der Waals surface area contributed by atoms with Crippen LogP contribution in [0.3, 0.4) is 0 Å². The van der Waals surface area contributed by atoms with Crippen LogP contribution in [0.4, 0.5) is 0 Å². The summed E-state index contributed by atoms with van der Waals surface area (Å²) in [6.45, 7) is 10.1. The lowest BCUT2D eigenvalue weighted by Crippen LogP contribution is -2.47. The van der Waals surface area contributed by atoms with Crippen LogP contribution in [-0.2, 0) is 49.6 Å². The Bertz CT molecular complexity index is 1260. The predicted octanol–water partition coefficient (Wildman–Crippen LogP) is 3.32. The molecule has 2 rings (SSSR count). The number of carbonyl (C=O) groups excluding carboxylic acids is 7. The van der Waals surface area contributed by atoms with E-state index in [0.717, 1.165) is 5.56 Å². The highest BCUT2D eigenvalue weighted by Crippen LogP contribution is 2.28. The van der Waals surface area contributed by atoms with E-state index in [0.29, 0.717) is 32.2 Å². The number of nitrogens with one attached hydrogen (secondary N) is 1. The highest BCUT2D eigenvalue weighted by molar-refractivity contribution is 6.38. The molecular weight excluding hydrogens is 618 g/mol. The fraction of sp³-hybridized carbons (Fsp3) is 0.639. The zero-order valence-electron chi connectivity index (χ0n) is 29.0. The van der Waals surface area contributed by atoms with Gasteiger partial charge in [0.1, 0.15) is 6.04 Å². The second kappa shape index (κ2) is 20.4. The lowest BCUT2D eigenvalue weighted by Gasteiger charge is -2.30. The first kappa shape index (κ1) is 40.2. The number of carbonyl (C=O) groups is 7. The van der Waals surface area contributed by atoms with Crippen LogP contribution in [-0.4, -0.2) is 77.8 Å². The first-order valence-electron chi connectivity index (χ1n) is 17.0. The predicted molar refractivity (Wildman–Crippen MR) is 178 cm³/mol. The second-order valence-electron chi connectivity index (χ2n) is 13.3. The number of esters is 1. The summed E-state index contributed by atoms with van der Waals surface area (Å²) in [5.74, 6) is -5.54. The van der Waals surface area contributed by atoms with Gasteiger partial charge in [0.05, 0.1) is 38.2 Å². The van der Waals surface area contributed by atoms with Gasteiger partial charge in [-0.15, -0.1) is 0 Å². The average molecular weight is 672 g/mol. The van der Waals surface area contributed by atoms with E-state index in [4.69, 9.17) is 15.2 Å². The molecule has 1 aliphatic heterocycles. The van der Waals surface area contributed by atoms with Crippen molar-refractivity contribution in [2.24, 2.45) is 29.4 Å². The number of benzene rings is 1. The number of hydrogen-bond donors (Lipinski definition) is 2.